The quantitative estimate of drug-likeness (QED) is 0.530. The van der Waals surface area contributed by atoms with E-state index in [4.69, 9.17) is 11.6 Å². The predicted molar refractivity (Wildman–Crippen MR) is 110 cm³/mol. The molecule has 0 spiro atoms. The zero-order valence-electron chi connectivity index (χ0n) is 14.4. The molecule has 0 saturated carbocycles. The Morgan fingerprint density at radius 2 is 1.46 bits per heavy atom. The number of carbonyl (C=O) groups excluding carboxylic acids is 2. The number of nitrogens with zero attached hydrogens (tertiary/aromatic N) is 1. The van der Waals surface area contributed by atoms with Crippen LogP contribution in [0.4, 0.5) is 10.1 Å². The highest BCUT2D eigenvalue weighted by Crippen LogP contribution is 2.41. The van der Waals surface area contributed by atoms with Crippen molar-refractivity contribution in [2.75, 3.05) is 4.90 Å². The number of halogens is 2. The molecule has 3 nitrogen and oxygen atoms in total. The van der Waals surface area contributed by atoms with Gasteiger partial charge in [0, 0.05) is 4.90 Å². The van der Waals surface area contributed by atoms with Crippen LogP contribution in [0.25, 0.3) is 5.57 Å². The molecule has 0 fully saturated rings. The van der Waals surface area contributed by atoms with Gasteiger partial charge in [-0.15, -0.1) is 0 Å². The van der Waals surface area contributed by atoms with E-state index in [1.165, 1.54) is 23.9 Å². The van der Waals surface area contributed by atoms with Crippen LogP contribution in [0, 0.1) is 5.82 Å². The minimum Gasteiger partial charge on any atom is -0.268 e. The van der Waals surface area contributed by atoms with Crippen LogP contribution in [0.2, 0.25) is 5.02 Å². The van der Waals surface area contributed by atoms with Crippen molar-refractivity contribution < 1.29 is 14.0 Å². The summed E-state index contributed by atoms with van der Waals surface area (Å²) in [4.78, 5) is 28.6. The molecule has 28 heavy (non-hydrogen) atoms. The Balaban J connectivity index is 1.82. The number of amides is 2. The number of hydrogen-bond acceptors (Lipinski definition) is 3. The number of benzene rings is 3. The average Bonchev–Trinajstić information content (AvgIpc) is 2.95. The minimum atomic E-state index is -0.611. The molecule has 0 radical (unpaired) electrons. The van der Waals surface area contributed by atoms with Gasteiger partial charge >= 0.3 is 0 Å². The first-order valence-electron chi connectivity index (χ1n) is 8.42. The van der Waals surface area contributed by atoms with Crippen LogP contribution in [0.1, 0.15) is 5.56 Å². The fourth-order valence-corrected chi connectivity index (χ4v) is 4.12. The first kappa shape index (κ1) is 18.5. The zero-order chi connectivity index (χ0) is 19.7. The van der Waals surface area contributed by atoms with Gasteiger partial charge in [0.25, 0.3) is 11.8 Å². The van der Waals surface area contributed by atoms with Crippen molar-refractivity contribution in [1.29, 1.82) is 0 Å². The van der Waals surface area contributed by atoms with Crippen molar-refractivity contribution in [1.82, 2.24) is 0 Å². The molecular formula is C22H13ClFNO2S. The Hall–Kier alpha value is -2.89. The molecule has 6 heteroatoms. The number of rotatable bonds is 4. The Kier molecular flexibility index (Phi) is 5.03. The molecule has 0 atom stereocenters. The molecule has 0 N–H and O–H groups in total. The molecule has 1 aliphatic rings. The summed E-state index contributed by atoms with van der Waals surface area (Å²) in [7, 11) is 0. The van der Waals surface area contributed by atoms with Crippen LogP contribution in [-0.4, -0.2) is 11.8 Å². The molecule has 3 aromatic carbocycles. The molecule has 0 aliphatic carbocycles. The topological polar surface area (TPSA) is 37.4 Å². The predicted octanol–water partition coefficient (Wildman–Crippen LogP) is 5.56. The maximum absolute atomic E-state index is 13.6. The highest BCUT2D eigenvalue weighted by Gasteiger charge is 2.40. The van der Waals surface area contributed by atoms with E-state index >= 15 is 0 Å². The molecule has 0 bridgehead atoms. The van der Waals surface area contributed by atoms with Gasteiger partial charge in [-0.3, -0.25) is 9.59 Å². The summed E-state index contributed by atoms with van der Waals surface area (Å²) in [6.45, 7) is 0. The van der Waals surface area contributed by atoms with Crippen molar-refractivity contribution in [2.45, 2.75) is 4.90 Å². The zero-order valence-corrected chi connectivity index (χ0v) is 16.0. The van der Waals surface area contributed by atoms with Crippen LogP contribution in [-0.2, 0) is 9.59 Å². The smallest absolute Gasteiger partial charge is 0.268 e. The van der Waals surface area contributed by atoms with Crippen LogP contribution in [0.15, 0.2) is 88.7 Å². The highest BCUT2D eigenvalue weighted by atomic mass is 35.5. The van der Waals surface area contributed by atoms with E-state index in [0.29, 0.717) is 16.0 Å². The summed E-state index contributed by atoms with van der Waals surface area (Å²) >= 11 is 7.10. The van der Waals surface area contributed by atoms with Gasteiger partial charge in [-0.1, -0.05) is 71.9 Å². The maximum Gasteiger partial charge on any atom is 0.272 e. The number of carbonyl (C=O) groups is 2. The van der Waals surface area contributed by atoms with E-state index < -0.39 is 17.6 Å². The largest absolute Gasteiger partial charge is 0.272 e. The summed E-state index contributed by atoms with van der Waals surface area (Å²) in [5.74, 6) is -1.53. The lowest BCUT2D eigenvalue weighted by molar-refractivity contribution is -0.119. The molecule has 1 heterocycles. The molecule has 0 unspecified atom stereocenters. The van der Waals surface area contributed by atoms with Gasteiger partial charge in [0.1, 0.15) is 5.82 Å². The monoisotopic (exact) mass is 409 g/mol. The van der Waals surface area contributed by atoms with Crippen LogP contribution >= 0.6 is 23.4 Å². The highest BCUT2D eigenvalue weighted by molar-refractivity contribution is 8.04. The van der Waals surface area contributed by atoms with Crippen molar-refractivity contribution >= 4 is 46.4 Å². The normalized spacial score (nSPS) is 14.1. The summed E-state index contributed by atoms with van der Waals surface area (Å²) in [6.07, 6.45) is 0. The fraction of sp³-hybridized carbons (Fsp3) is 0. The SMILES string of the molecule is O=C1C(Sc2ccccc2)=C(c2ccccc2)C(=O)N1c1ccc(F)c(Cl)c1. The van der Waals surface area contributed by atoms with Crippen LogP contribution in [0.5, 0.6) is 0 Å². The summed E-state index contributed by atoms with van der Waals surface area (Å²) < 4.78 is 13.6. The Morgan fingerprint density at radius 3 is 2.11 bits per heavy atom. The number of hydrogen-bond donors (Lipinski definition) is 0. The van der Waals surface area contributed by atoms with Gasteiger partial charge in [-0.25, -0.2) is 9.29 Å². The number of imide groups is 1. The second kappa shape index (κ2) is 7.62. The van der Waals surface area contributed by atoms with Crippen molar-refractivity contribution in [3.8, 4) is 0 Å². The standard InChI is InChI=1S/C22H13ClFNO2S/c23-17-13-15(11-12-18(17)24)25-21(26)19(14-7-3-1-4-8-14)20(22(25)27)28-16-9-5-2-6-10-16/h1-13H. The first-order valence-corrected chi connectivity index (χ1v) is 9.62. The molecule has 3 aromatic rings. The Labute approximate surface area is 170 Å². The van der Waals surface area contributed by atoms with Gasteiger partial charge in [0.15, 0.2) is 0 Å². The van der Waals surface area contributed by atoms with E-state index in [1.54, 1.807) is 12.1 Å². The van der Waals surface area contributed by atoms with E-state index in [9.17, 15) is 14.0 Å². The third-order valence-electron chi connectivity index (χ3n) is 4.23. The first-order chi connectivity index (χ1) is 13.6. The lowest BCUT2D eigenvalue weighted by Gasteiger charge is -2.15. The van der Waals surface area contributed by atoms with Crippen molar-refractivity contribution in [2.24, 2.45) is 0 Å². The summed E-state index contributed by atoms with van der Waals surface area (Å²) in [5.41, 5.74) is 1.20. The van der Waals surface area contributed by atoms with Crippen molar-refractivity contribution in [3.05, 3.63) is 100 Å². The summed E-state index contributed by atoms with van der Waals surface area (Å²) in [5, 5.41) is -0.150. The maximum atomic E-state index is 13.6. The number of anilines is 1. The minimum absolute atomic E-state index is 0.150. The lowest BCUT2D eigenvalue weighted by atomic mass is 10.1. The molecule has 1 aliphatic heterocycles. The third kappa shape index (κ3) is 3.35. The van der Waals surface area contributed by atoms with E-state index in [1.807, 2.05) is 48.5 Å². The third-order valence-corrected chi connectivity index (χ3v) is 5.61. The van der Waals surface area contributed by atoms with Gasteiger partial charge in [0.2, 0.25) is 0 Å². The Morgan fingerprint density at radius 1 is 0.821 bits per heavy atom. The van der Waals surface area contributed by atoms with Gasteiger partial charge in [-0.05, 0) is 35.9 Å². The van der Waals surface area contributed by atoms with Gasteiger partial charge in [0.05, 0.1) is 21.2 Å². The van der Waals surface area contributed by atoms with Gasteiger partial charge < -0.3 is 0 Å². The fourth-order valence-electron chi connectivity index (χ4n) is 2.93. The number of thioether (sulfide) groups is 1. The second-order valence-corrected chi connectivity index (χ2v) is 7.52. The van der Waals surface area contributed by atoms with E-state index in [-0.39, 0.29) is 10.7 Å². The molecule has 138 valence electrons. The lowest BCUT2D eigenvalue weighted by Crippen LogP contribution is -2.31. The second-order valence-electron chi connectivity index (χ2n) is 6.03. The molecule has 2 amide bonds. The van der Waals surface area contributed by atoms with Gasteiger partial charge in [-0.2, -0.15) is 0 Å². The van der Waals surface area contributed by atoms with E-state index in [2.05, 4.69) is 0 Å². The van der Waals surface area contributed by atoms with Crippen molar-refractivity contribution in [3.63, 3.8) is 0 Å². The van der Waals surface area contributed by atoms with E-state index in [0.717, 1.165) is 15.9 Å². The summed E-state index contributed by atoms with van der Waals surface area (Å²) in [6, 6.07) is 22.2. The molecule has 0 saturated heterocycles. The Bertz CT molecular complexity index is 1100. The molecular weight excluding hydrogens is 397 g/mol. The molecule has 0 aromatic heterocycles. The molecule has 4 rings (SSSR count). The van der Waals surface area contributed by atoms with Crippen LogP contribution in [0.3, 0.4) is 0 Å². The van der Waals surface area contributed by atoms with Crippen LogP contribution < -0.4 is 4.90 Å². The average molecular weight is 410 g/mol.